The first-order valence-electron chi connectivity index (χ1n) is 4.99. The van der Waals surface area contributed by atoms with E-state index in [2.05, 4.69) is 0 Å². The Morgan fingerprint density at radius 2 is 1.86 bits per heavy atom. The van der Waals surface area contributed by atoms with Crippen molar-refractivity contribution in [2.24, 2.45) is 0 Å². The lowest BCUT2D eigenvalue weighted by molar-refractivity contribution is 0.00447. The third-order valence-electron chi connectivity index (χ3n) is 3.68. The zero-order valence-electron chi connectivity index (χ0n) is 8.00. The summed E-state index contributed by atoms with van der Waals surface area (Å²) in [6, 6.07) is -0.107. The molecule has 0 spiro atoms. The number of nitrogens with zero attached hydrogens (tertiary/aromatic N) is 1. The standard InChI is InChI=1S/C9H17NO4/c11-4-9(5-12)2-1-6-8(14)7(13)3-10(6)9/h6-8,11-14H,1-5H2. The van der Waals surface area contributed by atoms with Gasteiger partial charge in [-0.3, -0.25) is 4.90 Å². The summed E-state index contributed by atoms with van der Waals surface area (Å²) in [4.78, 5) is 1.85. The van der Waals surface area contributed by atoms with Crippen molar-refractivity contribution in [2.75, 3.05) is 19.8 Å². The zero-order chi connectivity index (χ0) is 10.3. The van der Waals surface area contributed by atoms with Crippen LogP contribution in [0.3, 0.4) is 0 Å². The maximum Gasteiger partial charge on any atom is 0.0966 e. The quantitative estimate of drug-likeness (QED) is 0.413. The number of aliphatic hydroxyl groups is 4. The molecule has 0 aromatic carbocycles. The lowest BCUT2D eigenvalue weighted by atomic mass is 9.97. The summed E-state index contributed by atoms with van der Waals surface area (Å²) in [6.45, 7) is 0.0891. The fourth-order valence-electron chi connectivity index (χ4n) is 2.71. The molecule has 2 heterocycles. The van der Waals surface area contributed by atoms with Gasteiger partial charge in [-0.25, -0.2) is 0 Å². The molecule has 0 saturated carbocycles. The lowest BCUT2D eigenvalue weighted by Gasteiger charge is -2.34. The van der Waals surface area contributed by atoms with Crippen molar-refractivity contribution < 1.29 is 20.4 Å². The molecular formula is C9H17NO4. The van der Waals surface area contributed by atoms with Crippen LogP contribution in [-0.2, 0) is 0 Å². The van der Waals surface area contributed by atoms with Gasteiger partial charge >= 0.3 is 0 Å². The van der Waals surface area contributed by atoms with Gasteiger partial charge in [0.2, 0.25) is 0 Å². The van der Waals surface area contributed by atoms with Crippen LogP contribution in [0.25, 0.3) is 0 Å². The number of β-amino-alcohol motifs (C(OH)–C–C–N with tert-alkyl or cyclic N) is 1. The van der Waals surface area contributed by atoms with E-state index in [1.165, 1.54) is 0 Å². The molecule has 5 nitrogen and oxygen atoms in total. The Labute approximate surface area is 82.6 Å². The van der Waals surface area contributed by atoms with E-state index in [0.717, 1.165) is 6.42 Å². The summed E-state index contributed by atoms with van der Waals surface area (Å²) in [5.74, 6) is 0. The smallest absolute Gasteiger partial charge is 0.0966 e. The van der Waals surface area contributed by atoms with Gasteiger partial charge in [0.05, 0.1) is 31.0 Å². The van der Waals surface area contributed by atoms with Crippen LogP contribution in [-0.4, -0.2) is 68.9 Å². The Balaban J connectivity index is 2.19. The second-order valence-corrected chi connectivity index (χ2v) is 4.36. The Hall–Kier alpha value is -0.200. The van der Waals surface area contributed by atoms with Crippen LogP contribution in [0.4, 0.5) is 0 Å². The van der Waals surface area contributed by atoms with Gasteiger partial charge in [-0.2, -0.15) is 0 Å². The van der Waals surface area contributed by atoms with Crippen LogP contribution in [0.5, 0.6) is 0 Å². The number of rotatable bonds is 2. The van der Waals surface area contributed by atoms with E-state index in [1.54, 1.807) is 0 Å². The van der Waals surface area contributed by atoms with Crippen molar-refractivity contribution in [3.8, 4) is 0 Å². The molecule has 0 aliphatic carbocycles. The molecule has 3 atom stereocenters. The second-order valence-electron chi connectivity index (χ2n) is 4.36. The topological polar surface area (TPSA) is 84.2 Å². The molecule has 0 aromatic heterocycles. The van der Waals surface area contributed by atoms with Crippen molar-refractivity contribution in [2.45, 2.75) is 36.6 Å². The van der Waals surface area contributed by atoms with Gasteiger partial charge in [-0.15, -0.1) is 0 Å². The van der Waals surface area contributed by atoms with Crippen LogP contribution in [0.2, 0.25) is 0 Å². The fourth-order valence-corrected chi connectivity index (χ4v) is 2.71. The minimum atomic E-state index is -0.752. The highest BCUT2D eigenvalue weighted by Crippen LogP contribution is 2.39. The number of hydrogen-bond donors (Lipinski definition) is 4. The predicted molar refractivity (Wildman–Crippen MR) is 48.6 cm³/mol. The normalized spacial score (nSPS) is 41.6. The molecule has 2 aliphatic rings. The maximum absolute atomic E-state index is 9.64. The molecule has 2 aliphatic heterocycles. The van der Waals surface area contributed by atoms with Crippen LogP contribution >= 0.6 is 0 Å². The van der Waals surface area contributed by atoms with Crippen molar-refractivity contribution in [1.29, 1.82) is 0 Å². The Morgan fingerprint density at radius 3 is 2.43 bits per heavy atom. The first kappa shape index (κ1) is 10.3. The van der Waals surface area contributed by atoms with E-state index in [4.69, 9.17) is 0 Å². The van der Waals surface area contributed by atoms with Crippen molar-refractivity contribution >= 4 is 0 Å². The molecule has 82 valence electrons. The largest absolute Gasteiger partial charge is 0.394 e. The highest BCUT2D eigenvalue weighted by atomic mass is 16.3. The molecular weight excluding hydrogens is 186 g/mol. The summed E-state index contributed by atoms with van der Waals surface area (Å²) in [7, 11) is 0. The first-order valence-corrected chi connectivity index (χ1v) is 4.99. The Kier molecular flexibility index (Phi) is 2.53. The highest BCUT2D eigenvalue weighted by molar-refractivity contribution is 5.08. The highest BCUT2D eigenvalue weighted by Gasteiger charge is 2.53. The van der Waals surface area contributed by atoms with Crippen LogP contribution in [0.1, 0.15) is 12.8 Å². The minimum Gasteiger partial charge on any atom is -0.394 e. The van der Waals surface area contributed by atoms with Crippen LogP contribution < -0.4 is 0 Å². The summed E-state index contributed by atoms with van der Waals surface area (Å²) in [5.41, 5.74) is -0.636. The van der Waals surface area contributed by atoms with Gasteiger partial charge in [-0.05, 0) is 12.8 Å². The third kappa shape index (κ3) is 1.20. The number of hydrogen-bond acceptors (Lipinski definition) is 5. The van der Waals surface area contributed by atoms with Crippen molar-refractivity contribution in [3.05, 3.63) is 0 Å². The van der Waals surface area contributed by atoms with E-state index in [-0.39, 0.29) is 19.3 Å². The van der Waals surface area contributed by atoms with Gasteiger partial charge in [0, 0.05) is 12.6 Å². The van der Waals surface area contributed by atoms with Gasteiger partial charge < -0.3 is 20.4 Å². The van der Waals surface area contributed by atoms with E-state index in [0.29, 0.717) is 13.0 Å². The molecule has 2 fully saturated rings. The fraction of sp³-hybridized carbons (Fsp3) is 1.00. The second kappa shape index (κ2) is 3.43. The SMILES string of the molecule is OCC1(CO)CCC2C(O)C(O)CN21. The zero-order valence-corrected chi connectivity index (χ0v) is 8.00. The Morgan fingerprint density at radius 1 is 1.21 bits per heavy atom. The van der Waals surface area contributed by atoms with E-state index in [1.807, 2.05) is 4.90 Å². The molecule has 4 N–H and O–H groups in total. The van der Waals surface area contributed by atoms with E-state index < -0.39 is 17.7 Å². The summed E-state index contributed by atoms with van der Waals surface area (Å²) < 4.78 is 0. The van der Waals surface area contributed by atoms with Crippen LogP contribution in [0.15, 0.2) is 0 Å². The minimum absolute atomic E-state index is 0.107. The molecule has 5 heteroatoms. The first-order chi connectivity index (χ1) is 6.64. The van der Waals surface area contributed by atoms with Crippen LogP contribution in [0, 0.1) is 0 Å². The number of fused-ring (bicyclic) bond motifs is 1. The van der Waals surface area contributed by atoms with Gasteiger partial charge in [0.15, 0.2) is 0 Å². The third-order valence-corrected chi connectivity index (χ3v) is 3.68. The maximum atomic E-state index is 9.64. The van der Waals surface area contributed by atoms with Crippen molar-refractivity contribution in [1.82, 2.24) is 4.90 Å². The average molecular weight is 203 g/mol. The monoisotopic (exact) mass is 203 g/mol. The molecule has 3 unspecified atom stereocenters. The molecule has 0 bridgehead atoms. The summed E-state index contributed by atoms with van der Waals surface area (Å²) in [6.07, 6.45) is -0.0962. The summed E-state index contributed by atoms with van der Waals surface area (Å²) >= 11 is 0. The predicted octanol–water partition coefficient (Wildman–Crippen LogP) is -2.09. The number of aliphatic hydroxyl groups excluding tert-OH is 4. The molecule has 0 aromatic rings. The molecule has 2 saturated heterocycles. The van der Waals surface area contributed by atoms with Gasteiger partial charge in [-0.1, -0.05) is 0 Å². The van der Waals surface area contributed by atoms with E-state index in [9.17, 15) is 20.4 Å². The Bertz CT molecular complexity index is 219. The van der Waals surface area contributed by atoms with Gasteiger partial charge in [0.25, 0.3) is 0 Å². The summed E-state index contributed by atoms with van der Waals surface area (Å²) in [5, 5.41) is 37.7. The lowest BCUT2D eigenvalue weighted by Crippen LogP contribution is -2.51. The molecule has 0 amide bonds. The molecule has 2 rings (SSSR count). The molecule has 0 radical (unpaired) electrons. The van der Waals surface area contributed by atoms with E-state index >= 15 is 0 Å². The van der Waals surface area contributed by atoms with Crippen molar-refractivity contribution in [3.63, 3.8) is 0 Å². The van der Waals surface area contributed by atoms with Gasteiger partial charge in [0.1, 0.15) is 0 Å². The molecule has 14 heavy (non-hydrogen) atoms. The average Bonchev–Trinajstić information content (AvgIpc) is 2.68.